The molecule has 6 heteroatoms. The van der Waals surface area contributed by atoms with Gasteiger partial charge in [0.2, 0.25) is 0 Å². The first-order valence-corrected chi connectivity index (χ1v) is 7.88. The van der Waals surface area contributed by atoms with Gasteiger partial charge in [0.25, 0.3) is 5.91 Å². The summed E-state index contributed by atoms with van der Waals surface area (Å²) < 4.78 is 4.88. The van der Waals surface area contributed by atoms with E-state index >= 15 is 0 Å². The van der Waals surface area contributed by atoms with Crippen molar-refractivity contribution in [2.45, 2.75) is 38.6 Å². The number of carbonyl (C=O) groups is 2. The van der Waals surface area contributed by atoms with Crippen molar-refractivity contribution in [3.05, 3.63) is 35.5 Å². The van der Waals surface area contributed by atoms with Crippen LogP contribution >= 0.6 is 0 Å². The molecule has 2 aromatic rings. The molecule has 0 aliphatic carbocycles. The molecule has 1 heterocycles. The first kappa shape index (κ1) is 18.0. The van der Waals surface area contributed by atoms with E-state index in [1.165, 1.54) is 7.11 Å². The van der Waals surface area contributed by atoms with Gasteiger partial charge in [-0.2, -0.15) is 0 Å². The zero-order chi connectivity index (χ0) is 17.9. The summed E-state index contributed by atoms with van der Waals surface area (Å²) in [5.74, 6) is -1.52. The van der Waals surface area contributed by atoms with Crippen molar-refractivity contribution in [3.8, 4) is 0 Å². The predicted octanol–water partition coefficient (Wildman–Crippen LogP) is 2.68. The molecule has 6 nitrogen and oxygen atoms in total. The van der Waals surface area contributed by atoms with Gasteiger partial charge in [-0.15, -0.1) is 0 Å². The van der Waals surface area contributed by atoms with Gasteiger partial charge in [0.05, 0.1) is 0 Å². The number of rotatable bonds is 6. The molecule has 0 spiro atoms. The van der Waals surface area contributed by atoms with Crippen molar-refractivity contribution in [1.82, 2.24) is 10.3 Å². The Kier molecular flexibility index (Phi) is 5.29. The van der Waals surface area contributed by atoms with Crippen molar-refractivity contribution >= 4 is 22.8 Å². The van der Waals surface area contributed by atoms with Crippen LogP contribution in [0.15, 0.2) is 24.3 Å². The molecule has 0 aliphatic heterocycles. The molecule has 1 aromatic heterocycles. The molecule has 1 unspecified atom stereocenters. The number of carboxylic acids is 1. The van der Waals surface area contributed by atoms with E-state index in [0.29, 0.717) is 5.69 Å². The van der Waals surface area contributed by atoms with E-state index in [9.17, 15) is 14.7 Å². The second-order valence-electron chi connectivity index (χ2n) is 6.88. The van der Waals surface area contributed by atoms with Crippen molar-refractivity contribution < 1.29 is 19.4 Å². The molecule has 24 heavy (non-hydrogen) atoms. The lowest BCUT2D eigenvalue weighted by Gasteiger charge is -2.18. The number of fused-ring (bicyclic) bond motifs is 1. The lowest BCUT2D eigenvalue weighted by atomic mass is 9.87. The number of carboxylic acid groups (broad SMARTS) is 1. The number of amides is 1. The summed E-state index contributed by atoms with van der Waals surface area (Å²) in [6.45, 7) is 6.63. The summed E-state index contributed by atoms with van der Waals surface area (Å²) >= 11 is 0. The predicted molar refractivity (Wildman–Crippen MR) is 92.4 cm³/mol. The van der Waals surface area contributed by atoms with Crippen molar-refractivity contribution in [3.63, 3.8) is 0 Å². The second kappa shape index (κ2) is 7.05. The van der Waals surface area contributed by atoms with Gasteiger partial charge in [-0.05, 0) is 23.1 Å². The van der Waals surface area contributed by atoms with Gasteiger partial charge in [0.1, 0.15) is 11.7 Å². The summed E-state index contributed by atoms with van der Waals surface area (Å²) in [4.78, 5) is 26.6. The van der Waals surface area contributed by atoms with Gasteiger partial charge in [-0.1, -0.05) is 32.9 Å². The monoisotopic (exact) mass is 332 g/mol. The van der Waals surface area contributed by atoms with Gasteiger partial charge < -0.3 is 20.1 Å². The maximum absolute atomic E-state index is 12.3. The molecule has 0 bridgehead atoms. The fourth-order valence-corrected chi connectivity index (χ4v) is 2.44. The Morgan fingerprint density at radius 1 is 1.29 bits per heavy atom. The first-order valence-electron chi connectivity index (χ1n) is 7.88. The SMILES string of the molecule is COCCC(NC(=O)c1cc2ccc(C(C)(C)C)cc2[nH]1)C(=O)O. The number of hydrogen-bond donors (Lipinski definition) is 3. The highest BCUT2D eigenvalue weighted by molar-refractivity contribution is 5.99. The third-order valence-corrected chi connectivity index (χ3v) is 3.95. The number of H-pyrrole nitrogens is 1. The minimum atomic E-state index is -1.08. The van der Waals surface area contributed by atoms with Crippen LogP contribution < -0.4 is 5.32 Å². The van der Waals surface area contributed by atoms with Crippen LogP contribution in [-0.4, -0.2) is 41.7 Å². The normalized spacial score (nSPS) is 13.0. The molecule has 1 aromatic carbocycles. The van der Waals surface area contributed by atoms with Crippen LogP contribution in [0.25, 0.3) is 10.9 Å². The van der Waals surface area contributed by atoms with Gasteiger partial charge >= 0.3 is 5.97 Å². The van der Waals surface area contributed by atoms with Crippen LogP contribution in [0.5, 0.6) is 0 Å². The molecule has 0 aliphatic rings. The van der Waals surface area contributed by atoms with Crippen LogP contribution in [-0.2, 0) is 14.9 Å². The molecule has 130 valence electrons. The topological polar surface area (TPSA) is 91.4 Å². The van der Waals surface area contributed by atoms with Crippen LogP contribution in [0.3, 0.4) is 0 Å². The number of methoxy groups -OCH3 is 1. The van der Waals surface area contributed by atoms with Gasteiger partial charge in [0.15, 0.2) is 0 Å². The standard InChI is InChI=1S/C18H24N2O4/c1-18(2,3)12-6-5-11-9-15(19-14(11)10-12)16(21)20-13(17(22)23)7-8-24-4/h5-6,9-10,13,19H,7-8H2,1-4H3,(H,20,21)(H,22,23). The van der Waals surface area contributed by atoms with E-state index in [4.69, 9.17) is 4.74 Å². The molecule has 1 atom stereocenters. The molecule has 0 saturated heterocycles. The number of carbonyl (C=O) groups excluding carboxylic acids is 1. The summed E-state index contributed by atoms with van der Waals surface area (Å²) in [7, 11) is 1.49. The van der Waals surface area contributed by atoms with E-state index in [1.807, 2.05) is 18.2 Å². The molecular formula is C18H24N2O4. The fourth-order valence-electron chi connectivity index (χ4n) is 2.44. The average Bonchev–Trinajstić information content (AvgIpc) is 2.93. The Morgan fingerprint density at radius 2 is 2.00 bits per heavy atom. The molecule has 0 saturated carbocycles. The maximum atomic E-state index is 12.3. The number of benzene rings is 1. The zero-order valence-corrected chi connectivity index (χ0v) is 14.5. The van der Waals surface area contributed by atoms with Crippen LogP contribution in [0, 0.1) is 0 Å². The Balaban J connectivity index is 2.21. The smallest absolute Gasteiger partial charge is 0.326 e. The minimum absolute atomic E-state index is 0.0102. The Morgan fingerprint density at radius 3 is 2.58 bits per heavy atom. The number of aromatic amines is 1. The minimum Gasteiger partial charge on any atom is -0.480 e. The Bertz CT molecular complexity index is 743. The third-order valence-electron chi connectivity index (χ3n) is 3.95. The van der Waals surface area contributed by atoms with Gasteiger partial charge in [-0.3, -0.25) is 4.79 Å². The number of nitrogens with one attached hydrogen (secondary N) is 2. The van der Waals surface area contributed by atoms with E-state index in [-0.39, 0.29) is 18.4 Å². The molecule has 0 fully saturated rings. The Hall–Kier alpha value is -2.34. The highest BCUT2D eigenvalue weighted by atomic mass is 16.5. The number of aliphatic carboxylic acids is 1. The Labute approximate surface area is 141 Å². The highest BCUT2D eigenvalue weighted by Gasteiger charge is 2.21. The lowest BCUT2D eigenvalue weighted by Crippen LogP contribution is -2.41. The summed E-state index contributed by atoms with van der Waals surface area (Å²) in [6, 6.07) is 6.77. The summed E-state index contributed by atoms with van der Waals surface area (Å²) in [6.07, 6.45) is 0.214. The van der Waals surface area contributed by atoms with Crippen molar-refractivity contribution in [2.24, 2.45) is 0 Å². The molecule has 3 N–H and O–H groups in total. The summed E-state index contributed by atoms with van der Waals surface area (Å²) in [5.41, 5.74) is 2.37. The zero-order valence-electron chi connectivity index (χ0n) is 14.5. The highest BCUT2D eigenvalue weighted by Crippen LogP contribution is 2.26. The lowest BCUT2D eigenvalue weighted by molar-refractivity contribution is -0.139. The molecule has 1 amide bonds. The van der Waals surface area contributed by atoms with E-state index in [1.54, 1.807) is 6.07 Å². The van der Waals surface area contributed by atoms with E-state index in [0.717, 1.165) is 16.5 Å². The molecule has 0 radical (unpaired) electrons. The molecule has 2 rings (SSSR count). The first-order chi connectivity index (χ1) is 11.2. The number of aromatic nitrogens is 1. The third kappa shape index (κ3) is 4.14. The second-order valence-corrected chi connectivity index (χ2v) is 6.88. The van der Waals surface area contributed by atoms with E-state index < -0.39 is 17.9 Å². The van der Waals surface area contributed by atoms with Crippen LogP contribution in [0.4, 0.5) is 0 Å². The fraction of sp³-hybridized carbons (Fsp3) is 0.444. The summed E-state index contributed by atoms with van der Waals surface area (Å²) in [5, 5.41) is 12.6. The van der Waals surface area contributed by atoms with Gasteiger partial charge in [0, 0.05) is 31.0 Å². The largest absolute Gasteiger partial charge is 0.480 e. The van der Waals surface area contributed by atoms with Crippen molar-refractivity contribution in [1.29, 1.82) is 0 Å². The number of hydrogen-bond acceptors (Lipinski definition) is 3. The van der Waals surface area contributed by atoms with Crippen LogP contribution in [0.2, 0.25) is 0 Å². The average molecular weight is 332 g/mol. The molecular weight excluding hydrogens is 308 g/mol. The quantitative estimate of drug-likeness (QED) is 0.758. The van der Waals surface area contributed by atoms with E-state index in [2.05, 4.69) is 31.1 Å². The number of ether oxygens (including phenoxy) is 1. The van der Waals surface area contributed by atoms with Crippen molar-refractivity contribution in [2.75, 3.05) is 13.7 Å². The maximum Gasteiger partial charge on any atom is 0.326 e. The van der Waals surface area contributed by atoms with Gasteiger partial charge in [-0.25, -0.2) is 4.79 Å². The van der Waals surface area contributed by atoms with Crippen LogP contribution in [0.1, 0.15) is 43.2 Å².